The number of hydrogen-bond donors (Lipinski definition) is 2. The van der Waals surface area contributed by atoms with E-state index in [-0.39, 0.29) is 15.9 Å². The summed E-state index contributed by atoms with van der Waals surface area (Å²) in [5, 5.41) is 3.92. The molecule has 5 aliphatic rings. The van der Waals surface area contributed by atoms with Gasteiger partial charge in [-0.3, -0.25) is 4.79 Å². The van der Waals surface area contributed by atoms with Crippen LogP contribution in [0.4, 0.5) is 5.69 Å². The lowest BCUT2D eigenvalue weighted by molar-refractivity contribution is -0.124. The molecule has 3 aliphatic heterocycles. The van der Waals surface area contributed by atoms with Crippen molar-refractivity contribution in [2.75, 3.05) is 37.7 Å². The first-order valence-electron chi connectivity index (χ1n) is 15.0. The van der Waals surface area contributed by atoms with Crippen LogP contribution in [0.5, 0.6) is 5.75 Å². The Kier molecular flexibility index (Phi) is 6.70. The number of halogens is 1. The molecule has 2 fully saturated rings. The van der Waals surface area contributed by atoms with Crippen molar-refractivity contribution in [2.24, 2.45) is 11.8 Å². The lowest BCUT2D eigenvalue weighted by atomic mass is 9.66. The number of sulfonamides is 1. The van der Waals surface area contributed by atoms with Crippen LogP contribution in [0.2, 0.25) is 5.02 Å². The molecular formula is C32H38ClN3O5S. The molecule has 3 heterocycles. The highest BCUT2D eigenvalue weighted by molar-refractivity contribution is 7.90. The molecular weight excluding hydrogens is 574 g/mol. The number of aryl methyl sites for hydroxylation is 1. The molecule has 2 spiro atoms. The van der Waals surface area contributed by atoms with Crippen LogP contribution >= 0.6 is 11.6 Å². The zero-order valence-electron chi connectivity index (χ0n) is 24.1. The number of rotatable bonds is 0. The predicted molar refractivity (Wildman–Crippen MR) is 162 cm³/mol. The Hall–Kier alpha value is -2.59. The van der Waals surface area contributed by atoms with Gasteiger partial charge in [0.05, 0.1) is 29.3 Å². The van der Waals surface area contributed by atoms with E-state index < -0.39 is 21.5 Å². The monoisotopic (exact) mass is 611 g/mol. The first kappa shape index (κ1) is 28.2. The number of ether oxygens (including phenoxy) is 2. The topological polar surface area (TPSA) is 100 Å². The molecule has 1 amide bonds. The van der Waals surface area contributed by atoms with E-state index in [2.05, 4.69) is 33.1 Å². The summed E-state index contributed by atoms with van der Waals surface area (Å²) in [5.41, 5.74) is 1.65. The van der Waals surface area contributed by atoms with Gasteiger partial charge in [0.1, 0.15) is 11.4 Å². The van der Waals surface area contributed by atoms with E-state index in [0.29, 0.717) is 43.9 Å². The fraction of sp³-hybridized carbons (Fsp3) is 0.531. The van der Waals surface area contributed by atoms with E-state index in [0.717, 1.165) is 49.4 Å². The Morgan fingerprint density at radius 1 is 1.10 bits per heavy atom. The van der Waals surface area contributed by atoms with Crippen molar-refractivity contribution in [2.45, 2.75) is 67.4 Å². The zero-order valence-corrected chi connectivity index (χ0v) is 25.7. The quantitative estimate of drug-likeness (QED) is 0.337. The summed E-state index contributed by atoms with van der Waals surface area (Å²) in [6, 6.07) is 11.1. The summed E-state index contributed by atoms with van der Waals surface area (Å²) in [6.07, 6.45) is 9.33. The van der Waals surface area contributed by atoms with Crippen LogP contribution < -0.4 is 19.7 Å². The number of carbonyl (C=O) groups excluding carboxylic acids is 1. The van der Waals surface area contributed by atoms with Gasteiger partial charge in [0.25, 0.3) is 15.9 Å². The van der Waals surface area contributed by atoms with E-state index in [1.807, 2.05) is 12.1 Å². The third kappa shape index (κ3) is 4.82. The van der Waals surface area contributed by atoms with Crippen LogP contribution in [-0.4, -0.2) is 58.3 Å². The van der Waals surface area contributed by atoms with Gasteiger partial charge in [0.2, 0.25) is 0 Å². The molecule has 7 rings (SSSR count). The molecule has 10 heteroatoms. The molecule has 4 atom stereocenters. The van der Waals surface area contributed by atoms with Crippen LogP contribution in [-0.2, 0) is 31.4 Å². The molecule has 1 saturated heterocycles. The van der Waals surface area contributed by atoms with Crippen molar-refractivity contribution < 1.29 is 22.7 Å². The van der Waals surface area contributed by atoms with Crippen molar-refractivity contribution in [1.82, 2.24) is 10.0 Å². The number of nitrogens with zero attached hydrogens (tertiary/aromatic N) is 1. The van der Waals surface area contributed by atoms with Gasteiger partial charge in [-0.15, -0.1) is 0 Å². The largest absolute Gasteiger partial charge is 0.490 e. The second-order valence-corrected chi connectivity index (χ2v) is 15.4. The van der Waals surface area contributed by atoms with Crippen LogP contribution in [0.3, 0.4) is 0 Å². The average molecular weight is 612 g/mol. The van der Waals surface area contributed by atoms with Gasteiger partial charge in [0, 0.05) is 30.1 Å². The molecule has 42 heavy (non-hydrogen) atoms. The molecule has 2 aromatic carbocycles. The number of nitrogens with one attached hydrogen (secondary N) is 2. The molecule has 0 radical (unpaired) electrons. The molecule has 1 unspecified atom stereocenters. The lowest BCUT2D eigenvalue weighted by Crippen LogP contribution is -2.54. The lowest BCUT2D eigenvalue weighted by Gasteiger charge is -2.45. The molecule has 0 aromatic heterocycles. The molecule has 2 N–H and O–H groups in total. The summed E-state index contributed by atoms with van der Waals surface area (Å²) < 4.78 is 42.0. The van der Waals surface area contributed by atoms with Crippen LogP contribution in [0, 0.1) is 11.8 Å². The van der Waals surface area contributed by atoms with Gasteiger partial charge >= 0.3 is 0 Å². The van der Waals surface area contributed by atoms with Crippen molar-refractivity contribution in [1.29, 1.82) is 0 Å². The second kappa shape index (κ2) is 9.97. The average Bonchev–Trinajstić information content (AvgIpc) is 3.72. The Morgan fingerprint density at radius 2 is 1.93 bits per heavy atom. The highest BCUT2D eigenvalue weighted by Crippen LogP contribution is 2.52. The highest BCUT2D eigenvalue weighted by Gasteiger charge is 2.56. The normalized spacial score (nSPS) is 33.8. The minimum Gasteiger partial charge on any atom is -0.490 e. The Balaban J connectivity index is 1.32. The second-order valence-electron chi connectivity index (χ2n) is 13.3. The van der Waals surface area contributed by atoms with Gasteiger partial charge in [0.15, 0.2) is 0 Å². The molecule has 2 aliphatic carbocycles. The number of epoxide rings is 1. The van der Waals surface area contributed by atoms with E-state index in [9.17, 15) is 13.2 Å². The minimum atomic E-state index is -4.12. The smallest absolute Gasteiger partial charge is 0.264 e. The third-order valence-electron chi connectivity index (χ3n) is 10.2. The van der Waals surface area contributed by atoms with Crippen LogP contribution in [0.25, 0.3) is 0 Å². The number of anilines is 1. The van der Waals surface area contributed by atoms with E-state index in [1.165, 1.54) is 17.2 Å². The van der Waals surface area contributed by atoms with Gasteiger partial charge in [-0.25, -0.2) is 13.1 Å². The fourth-order valence-electron chi connectivity index (χ4n) is 7.45. The summed E-state index contributed by atoms with van der Waals surface area (Å²) in [5.74, 6) is 0.824. The number of amides is 1. The molecule has 1 saturated carbocycles. The summed E-state index contributed by atoms with van der Waals surface area (Å²) in [7, 11) is -4.12. The third-order valence-corrected chi connectivity index (χ3v) is 11.7. The summed E-state index contributed by atoms with van der Waals surface area (Å²) in [6.45, 7) is 6.46. The standard InChI is InChI=1S/C32H38ClN3O5S/c1-30(2)29(37)35-42(38,39)24-8-11-28-27(16-24)36(17-22-6-9-26(22)32(20-41-32)13-4-14-34-30)18-31(19-40-28)12-3-5-21-15-23(33)7-10-25(21)31/h4,7-8,10-11,13,15-16,22,26,34H,3,5-6,9,12,14,17-20H2,1-2H3,(H,35,37)/b13-4+/t22-,26+,31-,32?/m0/s1. The maximum Gasteiger partial charge on any atom is 0.264 e. The first-order chi connectivity index (χ1) is 20.0. The maximum absolute atomic E-state index is 13.5. The Labute approximate surface area is 252 Å². The first-order valence-corrected chi connectivity index (χ1v) is 16.8. The van der Waals surface area contributed by atoms with Crippen molar-refractivity contribution in [3.63, 3.8) is 0 Å². The van der Waals surface area contributed by atoms with Gasteiger partial charge in [-0.2, -0.15) is 0 Å². The number of hydrogen-bond acceptors (Lipinski definition) is 7. The summed E-state index contributed by atoms with van der Waals surface area (Å²) >= 11 is 6.40. The maximum atomic E-state index is 13.5. The highest BCUT2D eigenvalue weighted by atomic mass is 35.5. The van der Waals surface area contributed by atoms with Crippen LogP contribution in [0.15, 0.2) is 53.4 Å². The van der Waals surface area contributed by atoms with Crippen molar-refractivity contribution in [3.05, 3.63) is 64.7 Å². The van der Waals surface area contributed by atoms with Crippen molar-refractivity contribution >= 4 is 33.2 Å². The van der Waals surface area contributed by atoms with E-state index in [4.69, 9.17) is 21.1 Å². The Bertz CT molecular complexity index is 1570. The number of benzene rings is 2. The predicted octanol–water partition coefficient (Wildman–Crippen LogP) is 4.35. The van der Waals surface area contributed by atoms with Crippen molar-refractivity contribution in [3.8, 4) is 5.75 Å². The fourth-order valence-corrected chi connectivity index (χ4v) is 8.78. The molecule has 8 nitrogen and oxygen atoms in total. The van der Waals surface area contributed by atoms with Crippen LogP contribution in [0.1, 0.15) is 50.7 Å². The SMILES string of the molecule is CC1(C)NC/C=C/C2(CO2)[C@@H]2CC[C@H]2CN2C[C@@]3(CCCc4cc(Cl)ccc43)COc3ccc(cc32)S(=O)(=O)NC1=O. The summed E-state index contributed by atoms with van der Waals surface area (Å²) in [4.78, 5) is 15.5. The van der Waals surface area contributed by atoms with E-state index in [1.54, 1.807) is 26.0 Å². The minimum absolute atomic E-state index is 0.0462. The molecule has 2 aromatic rings. The molecule has 2 bridgehead atoms. The van der Waals surface area contributed by atoms with Gasteiger partial charge in [-0.05, 0) is 99.2 Å². The van der Waals surface area contributed by atoms with E-state index >= 15 is 0 Å². The zero-order chi connectivity index (χ0) is 29.3. The van der Waals surface area contributed by atoms with Gasteiger partial charge < -0.3 is 19.7 Å². The number of carbonyl (C=O) groups is 1. The Morgan fingerprint density at radius 3 is 2.69 bits per heavy atom. The van der Waals surface area contributed by atoms with Gasteiger partial charge in [-0.1, -0.05) is 29.8 Å². The number of fused-ring (bicyclic) bond motifs is 5. The molecule has 224 valence electrons.